The number of benzene rings is 1. The fourth-order valence-corrected chi connectivity index (χ4v) is 10.8. The normalized spacial score (nSPS) is 47.3. The molecule has 4 saturated carbocycles. The first-order chi connectivity index (χ1) is 18.1. The number of hydrogen-bond donors (Lipinski definition) is 0. The molecule has 1 aromatic rings. The summed E-state index contributed by atoms with van der Waals surface area (Å²) in [5.41, 5.74) is 1.31. The highest BCUT2D eigenvalue weighted by atomic mass is 16.6. The second-order valence-electron chi connectivity index (χ2n) is 13.1. The number of ether oxygens (including phenoxy) is 3. The highest BCUT2D eigenvalue weighted by molar-refractivity contribution is 5.89. The van der Waals surface area contributed by atoms with Gasteiger partial charge in [0.2, 0.25) is 0 Å². The molecule has 1 aromatic carbocycles. The first-order valence-corrected chi connectivity index (χ1v) is 14.2. The van der Waals surface area contributed by atoms with E-state index in [1.165, 1.54) is 13.8 Å². The zero-order valence-electron chi connectivity index (χ0n) is 22.4. The SMILES string of the molecule is C=C1C2CCC3N4CC5(C)CC(OC(=O)c6ccccc6)CC36C(C(CC4C56)C1OC(C)=O)C2OC(C)=O. The minimum absolute atomic E-state index is 0.0119. The predicted octanol–water partition coefficient (Wildman–Crippen LogP) is 4.16. The Hall–Kier alpha value is -2.67. The lowest BCUT2D eigenvalue weighted by atomic mass is 9.41. The summed E-state index contributed by atoms with van der Waals surface area (Å²) in [6.45, 7) is 10.8. The second-order valence-corrected chi connectivity index (χ2v) is 13.1. The van der Waals surface area contributed by atoms with Crippen molar-refractivity contribution in [3.63, 3.8) is 0 Å². The minimum Gasteiger partial charge on any atom is -0.462 e. The molecular formula is C31H37NO6. The number of rotatable bonds is 4. The molecule has 0 aromatic heterocycles. The van der Waals surface area contributed by atoms with Crippen LogP contribution in [0.4, 0.5) is 0 Å². The monoisotopic (exact) mass is 519 g/mol. The van der Waals surface area contributed by atoms with Gasteiger partial charge >= 0.3 is 17.9 Å². The lowest BCUT2D eigenvalue weighted by Crippen LogP contribution is -2.67. The van der Waals surface area contributed by atoms with E-state index in [0.717, 1.165) is 44.2 Å². The molecule has 6 fully saturated rings. The molecule has 0 N–H and O–H groups in total. The number of carbonyl (C=O) groups is 3. The van der Waals surface area contributed by atoms with Gasteiger partial charge in [-0.3, -0.25) is 14.5 Å². The average molecular weight is 520 g/mol. The fraction of sp³-hybridized carbons (Fsp3) is 0.645. The molecule has 2 heterocycles. The largest absolute Gasteiger partial charge is 0.462 e. The van der Waals surface area contributed by atoms with Crippen LogP contribution < -0.4 is 0 Å². The predicted molar refractivity (Wildman–Crippen MR) is 138 cm³/mol. The number of nitrogens with zero attached hydrogens (tertiary/aromatic N) is 1. The first-order valence-electron chi connectivity index (χ1n) is 14.2. The van der Waals surface area contributed by atoms with Crippen molar-refractivity contribution in [2.45, 2.75) is 83.3 Å². The molecule has 38 heavy (non-hydrogen) atoms. The highest BCUT2D eigenvalue weighted by Gasteiger charge is 2.80. The van der Waals surface area contributed by atoms with E-state index in [9.17, 15) is 14.4 Å². The highest BCUT2D eigenvalue weighted by Crippen LogP contribution is 2.77. The van der Waals surface area contributed by atoms with Gasteiger partial charge in [0.25, 0.3) is 0 Å². The standard InChI is InChI=1S/C31H37NO6/c1-16-21-10-11-24-31-14-20(38-29(35)19-8-6-5-7-9-19)13-30(4)15-32(24)23(28(30)31)12-22(26(16)36-17(2)33)25(31)27(21)37-18(3)34/h5-9,20-28H,1,10-15H2,2-4H3. The van der Waals surface area contributed by atoms with Gasteiger partial charge in [-0.25, -0.2) is 4.79 Å². The van der Waals surface area contributed by atoms with Crippen LogP contribution >= 0.6 is 0 Å². The van der Waals surface area contributed by atoms with E-state index in [2.05, 4.69) is 18.4 Å². The van der Waals surface area contributed by atoms with Gasteiger partial charge in [0.15, 0.2) is 0 Å². The molecule has 2 aliphatic heterocycles. The lowest BCUT2D eigenvalue weighted by molar-refractivity contribution is -0.208. The van der Waals surface area contributed by atoms with E-state index in [1.807, 2.05) is 18.2 Å². The number of fused-ring (bicyclic) bond motifs is 2. The van der Waals surface area contributed by atoms with Crippen LogP contribution in [0, 0.1) is 34.5 Å². The zero-order chi connectivity index (χ0) is 26.6. The molecule has 2 saturated heterocycles. The van der Waals surface area contributed by atoms with E-state index in [1.54, 1.807) is 12.1 Å². The summed E-state index contributed by atoms with van der Waals surface area (Å²) in [5.74, 6) is -0.384. The van der Waals surface area contributed by atoms with Crippen LogP contribution in [0.2, 0.25) is 0 Å². The van der Waals surface area contributed by atoms with Crippen LogP contribution in [-0.2, 0) is 23.8 Å². The van der Waals surface area contributed by atoms with Crippen LogP contribution in [0.3, 0.4) is 0 Å². The van der Waals surface area contributed by atoms with Crippen molar-refractivity contribution in [2.24, 2.45) is 34.5 Å². The van der Waals surface area contributed by atoms with Crippen molar-refractivity contribution in [3.05, 3.63) is 48.0 Å². The van der Waals surface area contributed by atoms with Crippen molar-refractivity contribution in [1.29, 1.82) is 0 Å². The molecule has 1 spiro atoms. The summed E-state index contributed by atoms with van der Waals surface area (Å²) in [5, 5.41) is 0. The molecule has 0 radical (unpaired) electrons. The number of esters is 3. The molecular weight excluding hydrogens is 482 g/mol. The molecule has 202 valence electrons. The maximum absolute atomic E-state index is 13.2. The smallest absolute Gasteiger partial charge is 0.338 e. The fourth-order valence-electron chi connectivity index (χ4n) is 10.8. The van der Waals surface area contributed by atoms with E-state index in [0.29, 0.717) is 23.6 Å². The van der Waals surface area contributed by atoms with Gasteiger partial charge in [-0.05, 0) is 61.1 Å². The molecule has 6 bridgehead atoms. The third kappa shape index (κ3) is 3.14. The zero-order valence-corrected chi connectivity index (χ0v) is 22.4. The van der Waals surface area contributed by atoms with Gasteiger partial charge < -0.3 is 14.2 Å². The van der Waals surface area contributed by atoms with Crippen molar-refractivity contribution in [3.8, 4) is 0 Å². The van der Waals surface area contributed by atoms with Crippen molar-refractivity contribution >= 4 is 17.9 Å². The Balaban J connectivity index is 1.33. The Labute approximate surface area is 223 Å². The van der Waals surface area contributed by atoms with Gasteiger partial charge in [-0.15, -0.1) is 0 Å². The quantitative estimate of drug-likeness (QED) is 0.336. The summed E-state index contributed by atoms with van der Waals surface area (Å²) >= 11 is 0. The minimum atomic E-state index is -0.370. The molecule has 0 amide bonds. The molecule has 6 aliphatic rings. The molecule has 12 unspecified atom stereocenters. The maximum Gasteiger partial charge on any atom is 0.338 e. The Kier molecular flexibility index (Phi) is 5.24. The number of piperidine rings is 1. The first kappa shape index (κ1) is 24.4. The van der Waals surface area contributed by atoms with Gasteiger partial charge in [0, 0.05) is 55.6 Å². The summed E-state index contributed by atoms with van der Waals surface area (Å²) in [4.78, 5) is 40.7. The van der Waals surface area contributed by atoms with Gasteiger partial charge in [0.1, 0.15) is 18.3 Å². The van der Waals surface area contributed by atoms with E-state index >= 15 is 0 Å². The van der Waals surface area contributed by atoms with Crippen LogP contribution in [0.25, 0.3) is 0 Å². The molecule has 7 heteroatoms. The second kappa shape index (κ2) is 8.17. The van der Waals surface area contributed by atoms with E-state index in [4.69, 9.17) is 14.2 Å². The molecule has 7 rings (SSSR count). The maximum atomic E-state index is 13.2. The van der Waals surface area contributed by atoms with Crippen LogP contribution in [0.15, 0.2) is 42.5 Å². The summed E-state index contributed by atoms with van der Waals surface area (Å²) in [6, 6.07) is 9.95. The third-order valence-electron chi connectivity index (χ3n) is 11.2. The topological polar surface area (TPSA) is 82.1 Å². The Morgan fingerprint density at radius 3 is 2.45 bits per heavy atom. The molecule has 12 atom stereocenters. The van der Waals surface area contributed by atoms with Crippen LogP contribution in [0.1, 0.15) is 63.2 Å². The Bertz CT molecular complexity index is 1210. The third-order valence-corrected chi connectivity index (χ3v) is 11.2. The van der Waals surface area contributed by atoms with Crippen molar-refractivity contribution < 1.29 is 28.6 Å². The average Bonchev–Trinajstić information content (AvgIpc) is 3.19. The van der Waals surface area contributed by atoms with Crippen molar-refractivity contribution in [1.82, 2.24) is 4.90 Å². The van der Waals surface area contributed by atoms with Gasteiger partial charge in [-0.2, -0.15) is 0 Å². The number of hydrogen-bond acceptors (Lipinski definition) is 7. The number of carbonyl (C=O) groups excluding carboxylic acids is 3. The van der Waals surface area contributed by atoms with Crippen LogP contribution in [-0.4, -0.2) is 59.7 Å². The summed E-state index contributed by atoms with van der Waals surface area (Å²) in [7, 11) is 0. The van der Waals surface area contributed by atoms with Gasteiger partial charge in [0.05, 0.1) is 5.56 Å². The Morgan fingerprint density at radius 2 is 1.74 bits per heavy atom. The summed E-state index contributed by atoms with van der Waals surface area (Å²) in [6.07, 6.45) is 3.48. The van der Waals surface area contributed by atoms with E-state index in [-0.39, 0.29) is 64.8 Å². The van der Waals surface area contributed by atoms with Crippen LogP contribution in [0.5, 0.6) is 0 Å². The van der Waals surface area contributed by atoms with Gasteiger partial charge in [-0.1, -0.05) is 31.7 Å². The van der Waals surface area contributed by atoms with E-state index < -0.39 is 0 Å². The molecule has 4 aliphatic carbocycles. The Morgan fingerprint density at radius 1 is 1.00 bits per heavy atom. The summed E-state index contributed by atoms with van der Waals surface area (Å²) < 4.78 is 18.5. The molecule has 7 nitrogen and oxygen atoms in total. The van der Waals surface area contributed by atoms with Crippen molar-refractivity contribution in [2.75, 3.05) is 6.54 Å². The lowest BCUT2D eigenvalue weighted by Gasteiger charge is -2.64.